The fourth-order valence-corrected chi connectivity index (χ4v) is 2.94. The van der Waals surface area contributed by atoms with Crippen LogP contribution in [0.1, 0.15) is 31.9 Å². The average molecular weight is 247 g/mol. The van der Waals surface area contributed by atoms with Gasteiger partial charge < -0.3 is 9.64 Å². The predicted octanol–water partition coefficient (Wildman–Crippen LogP) is 2.38. The van der Waals surface area contributed by atoms with Gasteiger partial charge in [-0.2, -0.15) is 0 Å². The molecule has 0 aliphatic heterocycles. The molecule has 1 aromatic rings. The van der Waals surface area contributed by atoms with E-state index in [-0.39, 0.29) is 17.4 Å². The van der Waals surface area contributed by atoms with E-state index in [4.69, 9.17) is 4.74 Å². The molecule has 0 radical (unpaired) electrons. The van der Waals surface area contributed by atoms with Gasteiger partial charge in [0.1, 0.15) is 5.75 Å². The number of ether oxygens (including phenoxy) is 1. The highest BCUT2D eigenvalue weighted by Gasteiger charge is 2.42. The van der Waals surface area contributed by atoms with Crippen molar-refractivity contribution in [2.24, 2.45) is 0 Å². The predicted molar refractivity (Wildman–Crippen MR) is 72.0 cm³/mol. The van der Waals surface area contributed by atoms with E-state index >= 15 is 0 Å². The monoisotopic (exact) mass is 247 g/mol. The molecule has 98 valence electrons. The third-order valence-corrected chi connectivity index (χ3v) is 4.22. The van der Waals surface area contributed by atoms with Crippen LogP contribution < -0.4 is 4.74 Å². The van der Waals surface area contributed by atoms with Gasteiger partial charge in [-0.05, 0) is 29.7 Å². The van der Waals surface area contributed by atoms with Crippen molar-refractivity contribution in [2.75, 3.05) is 14.2 Å². The number of rotatable bonds is 2. The molecule has 2 rings (SSSR count). The first kappa shape index (κ1) is 12.9. The van der Waals surface area contributed by atoms with Crippen LogP contribution in [-0.2, 0) is 16.6 Å². The van der Waals surface area contributed by atoms with Gasteiger partial charge in [0.2, 0.25) is 5.91 Å². The normalized spacial score (nSPS) is 20.4. The summed E-state index contributed by atoms with van der Waals surface area (Å²) in [7, 11) is 3.57. The molecule has 0 N–H and O–H groups in total. The van der Waals surface area contributed by atoms with E-state index in [1.807, 2.05) is 18.0 Å². The van der Waals surface area contributed by atoms with Gasteiger partial charge in [-0.25, -0.2) is 0 Å². The maximum Gasteiger partial charge on any atom is 0.219 e. The van der Waals surface area contributed by atoms with Crippen molar-refractivity contribution in [3.05, 3.63) is 29.3 Å². The lowest BCUT2D eigenvalue weighted by molar-refractivity contribution is -0.130. The molecule has 0 saturated carbocycles. The quantitative estimate of drug-likeness (QED) is 0.803. The van der Waals surface area contributed by atoms with Crippen LogP contribution in [-0.4, -0.2) is 31.0 Å². The van der Waals surface area contributed by atoms with Gasteiger partial charge in [0.15, 0.2) is 0 Å². The van der Waals surface area contributed by atoms with Crippen LogP contribution in [0, 0.1) is 0 Å². The molecule has 0 aromatic heterocycles. The van der Waals surface area contributed by atoms with Crippen LogP contribution in [0.4, 0.5) is 0 Å². The summed E-state index contributed by atoms with van der Waals surface area (Å²) in [6, 6.07) is 6.43. The summed E-state index contributed by atoms with van der Waals surface area (Å²) in [5, 5.41) is 0. The Bertz CT molecular complexity index is 479. The van der Waals surface area contributed by atoms with Crippen molar-refractivity contribution in [1.29, 1.82) is 0 Å². The van der Waals surface area contributed by atoms with Gasteiger partial charge in [0.05, 0.1) is 7.11 Å². The number of methoxy groups -OCH3 is 1. The molecule has 18 heavy (non-hydrogen) atoms. The molecule has 0 spiro atoms. The highest BCUT2D eigenvalue weighted by atomic mass is 16.5. The van der Waals surface area contributed by atoms with Crippen molar-refractivity contribution >= 4 is 5.91 Å². The molecule has 1 amide bonds. The van der Waals surface area contributed by atoms with Crippen LogP contribution in [0.2, 0.25) is 0 Å². The van der Waals surface area contributed by atoms with E-state index in [0.29, 0.717) is 0 Å². The third kappa shape index (κ3) is 1.88. The summed E-state index contributed by atoms with van der Waals surface area (Å²) in [4.78, 5) is 13.4. The number of hydrogen-bond acceptors (Lipinski definition) is 2. The topological polar surface area (TPSA) is 29.5 Å². The molecule has 3 nitrogen and oxygen atoms in total. The lowest BCUT2D eigenvalue weighted by atomic mass is 9.82. The number of fused-ring (bicyclic) bond motifs is 1. The molecular weight excluding hydrogens is 226 g/mol. The van der Waals surface area contributed by atoms with Crippen molar-refractivity contribution < 1.29 is 9.53 Å². The Morgan fingerprint density at radius 2 is 2.11 bits per heavy atom. The minimum Gasteiger partial charge on any atom is -0.497 e. The van der Waals surface area contributed by atoms with E-state index in [1.54, 1.807) is 14.0 Å². The van der Waals surface area contributed by atoms with E-state index in [2.05, 4.69) is 26.0 Å². The average Bonchev–Trinajstić information content (AvgIpc) is 2.59. The first-order valence-corrected chi connectivity index (χ1v) is 6.28. The SMILES string of the molecule is COc1ccc2c(c1)C(C)(C)C(N(C)C(C)=O)C2. The van der Waals surface area contributed by atoms with Crippen LogP contribution in [0.15, 0.2) is 18.2 Å². The second-order valence-electron chi connectivity index (χ2n) is 5.59. The van der Waals surface area contributed by atoms with Crippen molar-refractivity contribution in [1.82, 2.24) is 4.90 Å². The minimum absolute atomic E-state index is 0.0374. The smallest absolute Gasteiger partial charge is 0.219 e. The zero-order valence-electron chi connectivity index (χ0n) is 11.8. The molecule has 1 atom stereocenters. The Morgan fingerprint density at radius 3 is 2.67 bits per heavy atom. The maximum atomic E-state index is 11.6. The van der Waals surface area contributed by atoms with Gasteiger partial charge in [0, 0.05) is 25.4 Å². The largest absolute Gasteiger partial charge is 0.497 e. The van der Waals surface area contributed by atoms with Gasteiger partial charge in [-0.1, -0.05) is 19.9 Å². The number of carbonyl (C=O) groups is 1. The standard InChI is InChI=1S/C15H21NO2/c1-10(17)16(4)14-8-11-6-7-12(18-5)9-13(11)15(14,2)3/h6-7,9,14H,8H2,1-5H3. The van der Waals surface area contributed by atoms with Crippen LogP contribution in [0.25, 0.3) is 0 Å². The second kappa shape index (κ2) is 4.30. The molecule has 1 unspecified atom stereocenters. The Kier molecular flexibility index (Phi) is 3.09. The number of nitrogens with zero attached hydrogens (tertiary/aromatic N) is 1. The van der Waals surface area contributed by atoms with Gasteiger partial charge in [0.25, 0.3) is 0 Å². The number of carbonyl (C=O) groups excluding carboxylic acids is 1. The fourth-order valence-electron chi connectivity index (χ4n) is 2.94. The summed E-state index contributed by atoms with van der Waals surface area (Å²) in [6.45, 7) is 6.02. The first-order valence-electron chi connectivity index (χ1n) is 6.28. The number of hydrogen-bond donors (Lipinski definition) is 0. The molecule has 1 aliphatic rings. The van der Waals surface area contributed by atoms with Crippen molar-refractivity contribution in [3.63, 3.8) is 0 Å². The number of likely N-dealkylation sites (N-methyl/N-ethyl adjacent to an activating group) is 1. The molecule has 0 bridgehead atoms. The Hall–Kier alpha value is -1.51. The van der Waals surface area contributed by atoms with Gasteiger partial charge in [-0.15, -0.1) is 0 Å². The third-order valence-electron chi connectivity index (χ3n) is 4.22. The summed E-state index contributed by atoms with van der Waals surface area (Å²) in [5.41, 5.74) is 2.57. The van der Waals surface area contributed by atoms with E-state index in [1.165, 1.54) is 11.1 Å². The van der Waals surface area contributed by atoms with E-state index in [9.17, 15) is 4.79 Å². The zero-order chi connectivity index (χ0) is 13.5. The molecular formula is C15H21NO2. The van der Waals surface area contributed by atoms with Crippen LogP contribution in [0.3, 0.4) is 0 Å². The van der Waals surface area contributed by atoms with E-state index < -0.39 is 0 Å². The van der Waals surface area contributed by atoms with Crippen LogP contribution >= 0.6 is 0 Å². The molecule has 3 heteroatoms. The molecule has 1 aliphatic carbocycles. The van der Waals surface area contributed by atoms with Crippen molar-refractivity contribution in [2.45, 2.75) is 38.6 Å². The zero-order valence-corrected chi connectivity index (χ0v) is 11.8. The highest BCUT2D eigenvalue weighted by molar-refractivity contribution is 5.74. The van der Waals surface area contributed by atoms with Gasteiger partial charge in [-0.3, -0.25) is 4.79 Å². The Morgan fingerprint density at radius 1 is 1.44 bits per heavy atom. The Balaban J connectivity index is 2.41. The molecule has 0 fully saturated rings. The number of amides is 1. The van der Waals surface area contributed by atoms with Crippen LogP contribution in [0.5, 0.6) is 5.75 Å². The fraction of sp³-hybridized carbons (Fsp3) is 0.533. The van der Waals surface area contributed by atoms with E-state index in [0.717, 1.165) is 12.2 Å². The van der Waals surface area contributed by atoms with Gasteiger partial charge >= 0.3 is 0 Å². The summed E-state index contributed by atoms with van der Waals surface area (Å²) in [6.07, 6.45) is 0.919. The molecule has 0 saturated heterocycles. The summed E-state index contributed by atoms with van der Waals surface area (Å²) in [5.74, 6) is 1.00. The highest BCUT2D eigenvalue weighted by Crippen LogP contribution is 2.42. The minimum atomic E-state index is -0.0374. The molecule has 1 aromatic carbocycles. The van der Waals surface area contributed by atoms with Crippen molar-refractivity contribution in [3.8, 4) is 5.75 Å². The first-order chi connectivity index (χ1) is 8.37. The maximum absolute atomic E-state index is 11.6. The summed E-state index contributed by atoms with van der Waals surface area (Å²) < 4.78 is 5.30. The molecule has 0 heterocycles. The summed E-state index contributed by atoms with van der Waals surface area (Å²) >= 11 is 0. The second-order valence-corrected chi connectivity index (χ2v) is 5.59. The number of benzene rings is 1. The lowest BCUT2D eigenvalue weighted by Crippen LogP contribution is -2.45. The lowest BCUT2D eigenvalue weighted by Gasteiger charge is -2.35. The Labute approximate surface area is 109 Å².